The van der Waals surface area contributed by atoms with Gasteiger partial charge in [0.1, 0.15) is 5.01 Å². The minimum Gasteiger partial charge on any atom is -0.245 e. The van der Waals surface area contributed by atoms with E-state index in [1.165, 1.54) is 4.70 Å². The zero-order valence-corrected chi connectivity index (χ0v) is 12.9. The number of rotatable bonds is 4. The molecule has 0 bridgehead atoms. The summed E-state index contributed by atoms with van der Waals surface area (Å²) >= 11 is 5.29. The Balaban J connectivity index is 1.82. The van der Waals surface area contributed by atoms with Gasteiger partial charge in [0.2, 0.25) is 0 Å². The van der Waals surface area contributed by atoms with Gasteiger partial charge in [0, 0.05) is 0 Å². The van der Waals surface area contributed by atoms with Crippen LogP contribution in [0.25, 0.3) is 10.2 Å². The van der Waals surface area contributed by atoms with Gasteiger partial charge in [-0.2, -0.15) is 0 Å². The first-order valence-electron chi connectivity index (χ1n) is 6.15. The largest absolute Gasteiger partial charge is 0.245 e. The topological polar surface area (TPSA) is 43.6 Å². The molecule has 3 aromatic rings. The predicted octanol–water partition coefficient (Wildman–Crippen LogP) is 3.78. The van der Waals surface area contributed by atoms with Gasteiger partial charge in [0.25, 0.3) is 0 Å². The number of hydrogen-bond acceptors (Lipinski definition) is 4. The molecule has 0 saturated carbocycles. The van der Waals surface area contributed by atoms with E-state index >= 15 is 0 Å². The molecular weight excluding hydrogens is 324 g/mol. The van der Waals surface area contributed by atoms with Crippen LogP contribution in [0.5, 0.6) is 0 Å². The van der Waals surface area contributed by atoms with Crippen LogP contribution in [0.15, 0.2) is 30.5 Å². The number of thiazole rings is 1. The van der Waals surface area contributed by atoms with Crippen molar-refractivity contribution >= 4 is 37.5 Å². The molecule has 0 N–H and O–H groups in total. The van der Waals surface area contributed by atoms with E-state index in [2.05, 4.69) is 44.2 Å². The molecule has 0 amide bonds. The Labute approximate surface area is 123 Å². The predicted molar refractivity (Wildman–Crippen MR) is 80.7 cm³/mol. The zero-order valence-electron chi connectivity index (χ0n) is 10.5. The standard InChI is InChI=1S/C13H13BrN4S/c1-2-9(14)11-7-18(17-16-11)8-13-15-10-5-3-4-6-12(10)19-13/h3-7,9H,2,8H2,1H3. The van der Waals surface area contributed by atoms with Crippen molar-refractivity contribution in [2.75, 3.05) is 0 Å². The summed E-state index contributed by atoms with van der Waals surface area (Å²) in [7, 11) is 0. The molecule has 0 radical (unpaired) electrons. The Morgan fingerprint density at radius 3 is 3.00 bits per heavy atom. The first kappa shape index (κ1) is 12.7. The molecule has 0 aliphatic rings. The maximum absolute atomic E-state index is 4.60. The van der Waals surface area contributed by atoms with Gasteiger partial charge in [-0.15, -0.1) is 16.4 Å². The van der Waals surface area contributed by atoms with Gasteiger partial charge in [-0.05, 0) is 18.6 Å². The van der Waals surface area contributed by atoms with Gasteiger partial charge in [-0.3, -0.25) is 0 Å². The number of nitrogens with zero attached hydrogens (tertiary/aromatic N) is 4. The Morgan fingerprint density at radius 1 is 1.37 bits per heavy atom. The lowest BCUT2D eigenvalue weighted by molar-refractivity contribution is 0.647. The lowest BCUT2D eigenvalue weighted by atomic mass is 10.3. The summed E-state index contributed by atoms with van der Waals surface area (Å²) in [4.78, 5) is 4.88. The Kier molecular flexibility index (Phi) is 3.61. The van der Waals surface area contributed by atoms with E-state index in [4.69, 9.17) is 0 Å². The molecule has 2 heterocycles. The van der Waals surface area contributed by atoms with Crippen molar-refractivity contribution < 1.29 is 0 Å². The lowest BCUT2D eigenvalue weighted by Crippen LogP contribution is -1.99. The van der Waals surface area contributed by atoms with E-state index in [1.54, 1.807) is 11.3 Å². The zero-order chi connectivity index (χ0) is 13.2. The number of para-hydroxylation sites is 1. The van der Waals surface area contributed by atoms with Crippen molar-refractivity contribution in [3.05, 3.63) is 41.2 Å². The van der Waals surface area contributed by atoms with Crippen molar-refractivity contribution in [3.8, 4) is 0 Å². The fraction of sp³-hybridized carbons (Fsp3) is 0.308. The van der Waals surface area contributed by atoms with Crippen LogP contribution in [0.4, 0.5) is 0 Å². The number of fused-ring (bicyclic) bond motifs is 1. The molecule has 6 heteroatoms. The van der Waals surface area contributed by atoms with Crippen LogP contribution in [-0.2, 0) is 6.54 Å². The highest BCUT2D eigenvalue weighted by Crippen LogP contribution is 2.25. The Hall–Kier alpha value is -1.27. The first-order valence-corrected chi connectivity index (χ1v) is 7.88. The van der Waals surface area contributed by atoms with Gasteiger partial charge >= 0.3 is 0 Å². The SMILES string of the molecule is CCC(Br)c1cn(Cc2nc3ccccc3s2)nn1. The van der Waals surface area contributed by atoms with Gasteiger partial charge < -0.3 is 0 Å². The molecule has 2 aromatic heterocycles. The third-order valence-electron chi connectivity index (χ3n) is 2.87. The van der Waals surface area contributed by atoms with E-state index < -0.39 is 0 Å². The summed E-state index contributed by atoms with van der Waals surface area (Å²) in [6.45, 7) is 2.79. The van der Waals surface area contributed by atoms with Crippen LogP contribution in [0.1, 0.15) is 28.9 Å². The molecule has 0 saturated heterocycles. The van der Waals surface area contributed by atoms with E-state index in [0.717, 1.165) is 22.6 Å². The molecule has 1 unspecified atom stereocenters. The molecule has 98 valence electrons. The van der Waals surface area contributed by atoms with Crippen LogP contribution < -0.4 is 0 Å². The molecule has 0 spiro atoms. The average Bonchev–Trinajstić information content (AvgIpc) is 3.04. The summed E-state index contributed by atoms with van der Waals surface area (Å²) in [5.74, 6) is 0. The third-order valence-corrected chi connectivity index (χ3v) is 5.01. The van der Waals surface area contributed by atoms with E-state index in [-0.39, 0.29) is 4.83 Å². The highest BCUT2D eigenvalue weighted by Gasteiger charge is 2.11. The average molecular weight is 337 g/mol. The first-order chi connectivity index (χ1) is 9.26. The summed E-state index contributed by atoms with van der Waals surface area (Å²) in [5.41, 5.74) is 2.03. The smallest absolute Gasteiger partial charge is 0.115 e. The molecule has 4 nitrogen and oxygen atoms in total. The highest BCUT2D eigenvalue weighted by atomic mass is 79.9. The number of hydrogen-bond donors (Lipinski definition) is 0. The second kappa shape index (κ2) is 5.38. The molecule has 0 fully saturated rings. The fourth-order valence-electron chi connectivity index (χ4n) is 1.87. The van der Waals surface area contributed by atoms with Gasteiger partial charge in [-0.1, -0.05) is 40.2 Å². The normalized spacial score (nSPS) is 12.9. The summed E-state index contributed by atoms with van der Waals surface area (Å²) in [6.07, 6.45) is 2.98. The van der Waals surface area contributed by atoms with Crippen molar-refractivity contribution in [1.82, 2.24) is 20.0 Å². The fourth-order valence-corrected chi connectivity index (χ4v) is 3.04. The van der Waals surface area contributed by atoms with E-state index in [9.17, 15) is 0 Å². The van der Waals surface area contributed by atoms with Crippen LogP contribution in [0.3, 0.4) is 0 Å². The van der Waals surface area contributed by atoms with E-state index in [0.29, 0.717) is 6.54 Å². The molecule has 1 aromatic carbocycles. The summed E-state index contributed by atoms with van der Waals surface area (Å²) in [5, 5.41) is 9.39. The minimum absolute atomic E-state index is 0.275. The lowest BCUT2D eigenvalue weighted by Gasteiger charge is -1.99. The minimum atomic E-state index is 0.275. The molecule has 0 aliphatic heterocycles. The highest BCUT2D eigenvalue weighted by molar-refractivity contribution is 9.09. The molecule has 19 heavy (non-hydrogen) atoms. The molecule has 1 atom stereocenters. The number of alkyl halides is 1. The van der Waals surface area contributed by atoms with Crippen LogP contribution >= 0.6 is 27.3 Å². The van der Waals surface area contributed by atoms with Gasteiger partial charge in [-0.25, -0.2) is 9.67 Å². The monoisotopic (exact) mass is 336 g/mol. The maximum atomic E-state index is 4.60. The second-order valence-corrected chi connectivity index (χ2v) is 6.51. The van der Waals surface area contributed by atoms with E-state index in [1.807, 2.05) is 29.1 Å². The number of aromatic nitrogens is 4. The Morgan fingerprint density at radius 2 is 2.21 bits per heavy atom. The number of benzene rings is 1. The van der Waals surface area contributed by atoms with Crippen LogP contribution in [-0.4, -0.2) is 20.0 Å². The summed E-state index contributed by atoms with van der Waals surface area (Å²) in [6, 6.07) is 8.17. The van der Waals surface area contributed by atoms with Crippen molar-refractivity contribution in [2.24, 2.45) is 0 Å². The Bertz CT molecular complexity index is 658. The van der Waals surface area contributed by atoms with Crippen molar-refractivity contribution in [1.29, 1.82) is 0 Å². The quantitative estimate of drug-likeness (QED) is 0.681. The van der Waals surface area contributed by atoms with Crippen molar-refractivity contribution in [2.45, 2.75) is 24.7 Å². The third kappa shape index (κ3) is 2.69. The van der Waals surface area contributed by atoms with Crippen molar-refractivity contribution in [3.63, 3.8) is 0 Å². The number of halogens is 1. The van der Waals surface area contributed by atoms with Crippen LogP contribution in [0.2, 0.25) is 0 Å². The summed E-state index contributed by atoms with van der Waals surface area (Å²) < 4.78 is 3.06. The molecule has 0 aliphatic carbocycles. The van der Waals surface area contributed by atoms with Crippen LogP contribution in [0, 0.1) is 0 Å². The van der Waals surface area contributed by atoms with Gasteiger partial charge in [0.05, 0.1) is 33.5 Å². The molecular formula is C13H13BrN4S. The second-order valence-electron chi connectivity index (χ2n) is 4.29. The van der Waals surface area contributed by atoms with Gasteiger partial charge in [0.15, 0.2) is 0 Å². The molecule has 3 rings (SSSR count). The maximum Gasteiger partial charge on any atom is 0.115 e.